The first-order valence-electron chi connectivity index (χ1n) is 6.72. The second kappa shape index (κ2) is 6.17. The summed E-state index contributed by atoms with van der Waals surface area (Å²) in [7, 11) is 0. The zero-order chi connectivity index (χ0) is 15.4. The molecule has 0 radical (unpaired) electrons. The number of benzene rings is 1. The Hall–Kier alpha value is -3.03. The van der Waals surface area contributed by atoms with Gasteiger partial charge in [-0.15, -0.1) is 5.10 Å². The van der Waals surface area contributed by atoms with Gasteiger partial charge in [-0.25, -0.2) is 4.68 Å². The van der Waals surface area contributed by atoms with Crippen molar-refractivity contribution in [3.05, 3.63) is 59.7 Å². The molecule has 22 heavy (non-hydrogen) atoms. The first kappa shape index (κ1) is 13.9. The average Bonchev–Trinajstić information content (AvgIpc) is 3.19. The molecule has 1 amide bonds. The van der Waals surface area contributed by atoms with Gasteiger partial charge in [0.15, 0.2) is 11.8 Å². The predicted molar refractivity (Wildman–Crippen MR) is 75.5 cm³/mol. The smallest absolute Gasteiger partial charge is 0.249 e. The predicted octanol–water partition coefficient (Wildman–Crippen LogP) is 0.875. The van der Waals surface area contributed by atoms with E-state index in [9.17, 15) is 4.79 Å². The Labute approximate surface area is 126 Å². The second-order valence-electron chi connectivity index (χ2n) is 4.68. The van der Waals surface area contributed by atoms with Crippen LogP contribution in [0.4, 0.5) is 0 Å². The minimum Gasteiger partial charge on any atom is -0.360 e. The number of aryl methyl sites for hydroxylation is 1. The Balaban J connectivity index is 1.85. The lowest BCUT2D eigenvalue weighted by Crippen LogP contribution is -2.34. The lowest BCUT2D eigenvalue weighted by atomic mass is 10.1. The number of amides is 1. The van der Waals surface area contributed by atoms with Crippen LogP contribution in [-0.4, -0.2) is 31.3 Å². The third kappa shape index (κ3) is 2.85. The zero-order valence-electron chi connectivity index (χ0n) is 11.9. The molecule has 1 atom stereocenters. The molecule has 1 aromatic carbocycles. The maximum atomic E-state index is 12.6. The summed E-state index contributed by atoms with van der Waals surface area (Å²) in [6.07, 6.45) is 1.53. The Morgan fingerprint density at radius 1 is 1.32 bits per heavy atom. The lowest BCUT2D eigenvalue weighted by Gasteiger charge is -2.17. The standard InChI is InChI=1S/C14H14N6O2/c1-10-17-18-19-20(10)13(11-5-3-2-4-6-11)14(21)15-9-12-7-8-16-22-12/h2-8,13H,9H2,1H3,(H,15,21)/t13-/m1/s1. The summed E-state index contributed by atoms with van der Waals surface area (Å²) in [6.45, 7) is 2.00. The van der Waals surface area contributed by atoms with Crippen LogP contribution in [0.15, 0.2) is 47.1 Å². The first-order chi connectivity index (χ1) is 10.8. The van der Waals surface area contributed by atoms with E-state index in [0.29, 0.717) is 11.6 Å². The topological polar surface area (TPSA) is 98.7 Å². The minimum absolute atomic E-state index is 0.224. The number of nitrogens with one attached hydrogen (secondary N) is 1. The summed E-state index contributed by atoms with van der Waals surface area (Å²) in [6, 6.07) is 10.4. The molecule has 0 aliphatic rings. The van der Waals surface area contributed by atoms with Crippen molar-refractivity contribution >= 4 is 5.91 Å². The molecule has 112 valence electrons. The van der Waals surface area contributed by atoms with E-state index in [0.717, 1.165) is 5.56 Å². The number of hydrogen-bond donors (Lipinski definition) is 1. The number of nitrogens with zero attached hydrogens (tertiary/aromatic N) is 5. The molecule has 3 aromatic rings. The molecule has 0 saturated heterocycles. The van der Waals surface area contributed by atoms with Crippen LogP contribution in [0.25, 0.3) is 0 Å². The van der Waals surface area contributed by atoms with E-state index < -0.39 is 6.04 Å². The highest BCUT2D eigenvalue weighted by molar-refractivity contribution is 5.83. The molecular weight excluding hydrogens is 284 g/mol. The number of rotatable bonds is 5. The molecule has 0 unspecified atom stereocenters. The van der Waals surface area contributed by atoms with Gasteiger partial charge in [-0.05, 0) is 22.9 Å². The van der Waals surface area contributed by atoms with Crippen LogP contribution < -0.4 is 5.32 Å². The number of carbonyl (C=O) groups excluding carboxylic acids is 1. The maximum absolute atomic E-state index is 12.6. The van der Waals surface area contributed by atoms with E-state index in [1.54, 1.807) is 13.0 Å². The van der Waals surface area contributed by atoms with E-state index in [2.05, 4.69) is 26.0 Å². The highest BCUT2D eigenvalue weighted by Crippen LogP contribution is 2.18. The molecule has 0 spiro atoms. The van der Waals surface area contributed by atoms with E-state index >= 15 is 0 Å². The number of carbonyl (C=O) groups is 1. The van der Waals surface area contributed by atoms with Crippen LogP contribution in [0.1, 0.15) is 23.2 Å². The third-order valence-electron chi connectivity index (χ3n) is 3.19. The van der Waals surface area contributed by atoms with Gasteiger partial charge in [0, 0.05) is 6.07 Å². The fraction of sp³-hybridized carbons (Fsp3) is 0.214. The van der Waals surface area contributed by atoms with Gasteiger partial charge < -0.3 is 9.84 Å². The van der Waals surface area contributed by atoms with Gasteiger partial charge in [-0.1, -0.05) is 35.5 Å². The van der Waals surface area contributed by atoms with E-state index in [1.807, 2.05) is 30.3 Å². The Kier molecular flexibility index (Phi) is 3.90. The van der Waals surface area contributed by atoms with Gasteiger partial charge in [-0.3, -0.25) is 4.79 Å². The van der Waals surface area contributed by atoms with Crippen molar-refractivity contribution in [2.45, 2.75) is 19.5 Å². The highest BCUT2D eigenvalue weighted by atomic mass is 16.5. The molecule has 2 aromatic heterocycles. The van der Waals surface area contributed by atoms with Crippen molar-refractivity contribution in [2.24, 2.45) is 0 Å². The summed E-state index contributed by atoms with van der Waals surface area (Å²) in [5.74, 6) is 0.912. The maximum Gasteiger partial charge on any atom is 0.249 e. The van der Waals surface area contributed by atoms with Crippen LogP contribution >= 0.6 is 0 Å². The van der Waals surface area contributed by atoms with Crippen molar-refractivity contribution in [3.63, 3.8) is 0 Å². The summed E-state index contributed by atoms with van der Waals surface area (Å²) in [5.41, 5.74) is 0.799. The van der Waals surface area contributed by atoms with E-state index in [-0.39, 0.29) is 12.5 Å². The van der Waals surface area contributed by atoms with E-state index in [1.165, 1.54) is 10.9 Å². The van der Waals surface area contributed by atoms with Gasteiger partial charge in [-0.2, -0.15) is 0 Å². The molecule has 1 N–H and O–H groups in total. The van der Waals surface area contributed by atoms with Crippen molar-refractivity contribution in [1.29, 1.82) is 0 Å². The summed E-state index contributed by atoms with van der Waals surface area (Å²) in [5, 5.41) is 17.8. The van der Waals surface area contributed by atoms with Crippen molar-refractivity contribution in [1.82, 2.24) is 30.7 Å². The minimum atomic E-state index is -0.640. The van der Waals surface area contributed by atoms with Crippen LogP contribution in [-0.2, 0) is 11.3 Å². The quantitative estimate of drug-likeness (QED) is 0.750. The zero-order valence-corrected chi connectivity index (χ0v) is 11.9. The molecule has 0 saturated carbocycles. The van der Waals surface area contributed by atoms with Gasteiger partial charge in [0.25, 0.3) is 0 Å². The van der Waals surface area contributed by atoms with Gasteiger partial charge in [0.2, 0.25) is 5.91 Å². The fourth-order valence-corrected chi connectivity index (χ4v) is 2.12. The monoisotopic (exact) mass is 298 g/mol. The fourth-order valence-electron chi connectivity index (χ4n) is 2.12. The third-order valence-corrected chi connectivity index (χ3v) is 3.19. The van der Waals surface area contributed by atoms with Crippen LogP contribution in [0, 0.1) is 6.92 Å². The van der Waals surface area contributed by atoms with Crippen LogP contribution in [0.5, 0.6) is 0 Å². The molecule has 3 rings (SSSR count). The van der Waals surface area contributed by atoms with Gasteiger partial charge in [0.1, 0.15) is 5.82 Å². The average molecular weight is 298 g/mol. The Morgan fingerprint density at radius 3 is 2.77 bits per heavy atom. The number of tetrazole rings is 1. The number of hydrogen-bond acceptors (Lipinski definition) is 6. The highest BCUT2D eigenvalue weighted by Gasteiger charge is 2.25. The molecule has 2 heterocycles. The second-order valence-corrected chi connectivity index (χ2v) is 4.68. The normalized spacial score (nSPS) is 12.0. The molecule has 0 aliphatic carbocycles. The van der Waals surface area contributed by atoms with E-state index in [4.69, 9.17) is 4.52 Å². The van der Waals surface area contributed by atoms with Crippen LogP contribution in [0.2, 0.25) is 0 Å². The molecule has 0 bridgehead atoms. The molecular formula is C14H14N6O2. The molecule has 8 heteroatoms. The largest absolute Gasteiger partial charge is 0.360 e. The van der Waals surface area contributed by atoms with Gasteiger partial charge in [0.05, 0.1) is 12.7 Å². The number of aromatic nitrogens is 5. The first-order valence-corrected chi connectivity index (χ1v) is 6.72. The molecule has 8 nitrogen and oxygen atoms in total. The molecule has 0 aliphatic heterocycles. The SMILES string of the molecule is Cc1nnnn1[C@@H](C(=O)NCc1ccno1)c1ccccc1. The Morgan fingerprint density at radius 2 is 2.14 bits per heavy atom. The Bertz CT molecular complexity index is 738. The van der Waals surface area contributed by atoms with Gasteiger partial charge >= 0.3 is 0 Å². The molecule has 0 fully saturated rings. The lowest BCUT2D eigenvalue weighted by molar-refractivity contribution is -0.123. The van der Waals surface area contributed by atoms with Crippen molar-refractivity contribution in [2.75, 3.05) is 0 Å². The summed E-state index contributed by atoms with van der Waals surface area (Å²) >= 11 is 0. The van der Waals surface area contributed by atoms with Crippen molar-refractivity contribution < 1.29 is 9.32 Å². The summed E-state index contributed by atoms with van der Waals surface area (Å²) < 4.78 is 6.46. The van der Waals surface area contributed by atoms with Crippen molar-refractivity contribution in [3.8, 4) is 0 Å². The summed E-state index contributed by atoms with van der Waals surface area (Å²) in [4.78, 5) is 12.6. The van der Waals surface area contributed by atoms with Crippen LogP contribution in [0.3, 0.4) is 0 Å².